The fourth-order valence-corrected chi connectivity index (χ4v) is 3.80. The summed E-state index contributed by atoms with van der Waals surface area (Å²) in [6.07, 6.45) is 12.0. The second-order valence-corrected chi connectivity index (χ2v) is 7.96. The molecule has 0 radical (unpaired) electrons. The van der Waals surface area contributed by atoms with Crippen LogP contribution in [0.4, 0.5) is 0 Å². The number of carbonyl (C=O) groups is 1. The molecule has 5 aromatic heterocycles. The van der Waals surface area contributed by atoms with E-state index in [1.807, 2.05) is 24.5 Å². The van der Waals surface area contributed by atoms with Gasteiger partial charge in [-0.15, -0.1) is 5.10 Å². The maximum atomic E-state index is 12.5. The van der Waals surface area contributed by atoms with E-state index >= 15 is 0 Å². The third kappa shape index (κ3) is 3.54. The Morgan fingerprint density at radius 3 is 3.00 bits per heavy atom. The van der Waals surface area contributed by atoms with Crippen molar-refractivity contribution in [3.63, 3.8) is 0 Å². The van der Waals surface area contributed by atoms with Gasteiger partial charge in [0.25, 0.3) is 5.91 Å². The van der Waals surface area contributed by atoms with Crippen LogP contribution in [0, 0.1) is 0 Å². The molecular formula is C22H20N8O. The van der Waals surface area contributed by atoms with Gasteiger partial charge in [-0.25, -0.2) is 9.67 Å². The Hall–Kier alpha value is -4.01. The smallest absolute Gasteiger partial charge is 0.273 e. The Morgan fingerprint density at radius 1 is 1.16 bits per heavy atom. The lowest BCUT2D eigenvalue weighted by Gasteiger charge is -2.02. The monoisotopic (exact) mass is 412 g/mol. The van der Waals surface area contributed by atoms with Crippen molar-refractivity contribution in [3.05, 3.63) is 77.9 Å². The zero-order chi connectivity index (χ0) is 20.8. The molecule has 1 aliphatic rings. The van der Waals surface area contributed by atoms with Crippen LogP contribution < -0.4 is 5.32 Å². The summed E-state index contributed by atoms with van der Waals surface area (Å²) in [6, 6.07) is 8.13. The third-order valence-electron chi connectivity index (χ3n) is 5.59. The van der Waals surface area contributed by atoms with Crippen molar-refractivity contribution >= 4 is 22.5 Å². The highest BCUT2D eigenvalue weighted by Crippen LogP contribution is 2.39. The average Bonchev–Trinajstić information content (AvgIpc) is 3.17. The van der Waals surface area contributed by atoms with Crippen molar-refractivity contribution in [1.29, 1.82) is 0 Å². The van der Waals surface area contributed by atoms with Crippen LogP contribution in [0.2, 0.25) is 0 Å². The zero-order valence-corrected chi connectivity index (χ0v) is 16.7. The van der Waals surface area contributed by atoms with E-state index in [0.29, 0.717) is 19.0 Å². The highest BCUT2D eigenvalue weighted by molar-refractivity contribution is 5.91. The van der Waals surface area contributed by atoms with Gasteiger partial charge in [-0.3, -0.25) is 9.78 Å². The standard InChI is InChI=1S/C22H20N8O/c31-22(25-8-17-7-15-5-6-23-19(15)9-24-17)20-13-30(28-27-20)12-18-11-29-10-16(14-1-2-14)3-4-21(29)26-18/h3-7,9-11,13-14,23H,1-2,8,12H2,(H,25,31). The Labute approximate surface area is 177 Å². The van der Waals surface area contributed by atoms with Crippen LogP contribution in [-0.2, 0) is 13.1 Å². The van der Waals surface area contributed by atoms with E-state index in [9.17, 15) is 4.79 Å². The lowest BCUT2D eigenvalue weighted by Crippen LogP contribution is -2.23. The van der Waals surface area contributed by atoms with Gasteiger partial charge in [-0.1, -0.05) is 11.3 Å². The molecule has 6 rings (SSSR count). The summed E-state index contributed by atoms with van der Waals surface area (Å²) in [5.74, 6) is 0.415. The van der Waals surface area contributed by atoms with Gasteiger partial charge in [-0.05, 0) is 42.5 Å². The summed E-state index contributed by atoms with van der Waals surface area (Å²) in [4.78, 5) is 24.6. The first-order valence-electron chi connectivity index (χ1n) is 10.3. The molecule has 0 unspecified atom stereocenters. The minimum absolute atomic E-state index is 0.266. The molecule has 0 spiro atoms. The highest BCUT2D eigenvalue weighted by Gasteiger charge is 2.23. The Morgan fingerprint density at radius 2 is 2.10 bits per heavy atom. The normalized spacial score (nSPS) is 13.8. The number of rotatable bonds is 6. The molecule has 9 nitrogen and oxygen atoms in total. The fourth-order valence-electron chi connectivity index (χ4n) is 3.80. The average molecular weight is 412 g/mol. The quantitative estimate of drug-likeness (QED) is 0.446. The number of amides is 1. The molecule has 154 valence electrons. The highest BCUT2D eigenvalue weighted by atomic mass is 16.2. The van der Waals surface area contributed by atoms with Gasteiger partial charge in [0.1, 0.15) is 5.65 Å². The van der Waals surface area contributed by atoms with Gasteiger partial charge in [0.05, 0.1) is 42.4 Å². The number of aromatic amines is 1. The van der Waals surface area contributed by atoms with Gasteiger partial charge >= 0.3 is 0 Å². The van der Waals surface area contributed by atoms with E-state index in [1.54, 1.807) is 17.1 Å². The molecule has 1 fully saturated rings. The summed E-state index contributed by atoms with van der Waals surface area (Å²) >= 11 is 0. The molecule has 0 aliphatic heterocycles. The third-order valence-corrected chi connectivity index (χ3v) is 5.59. The molecule has 0 aromatic carbocycles. The molecule has 0 bridgehead atoms. The first-order chi connectivity index (χ1) is 15.2. The number of aromatic nitrogens is 7. The number of H-pyrrole nitrogens is 1. The van der Waals surface area contributed by atoms with Crippen LogP contribution in [0.3, 0.4) is 0 Å². The van der Waals surface area contributed by atoms with E-state index in [-0.39, 0.29) is 11.6 Å². The summed E-state index contributed by atoms with van der Waals surface area (Å²) < 4.78 is 3.68. The number of hydrogen-bond acceptors (Lipinski definition) is 5. The summed E-state index contributed by atoms with van der Waals surface area (Å²) in [6.45, 7) is 0.773. The van der Waals surface area contributed by atoms with Crippen molar-refractivity contribution in [2.75, 3.05) is 0 Å². The minimum atomic E-state index is -0.286. The lowest BCUT2D eigenvalue weighted by atomic mass is 10.2. The van der Waals surface area contributed by atoms with Crippen molar-refractivity contribution in [2.45, 2.75) is 31.8 Å². The summed E-state index contributed by atoms with van der Waals surface area (Å²) in [7, 11) is 0. The fraction of sp³-hybridized carbons (Fsp3) is 0.227. The molecule has 5 aromatic rings. The van der Waals surface area contributed by atoms with Crippen molar-refractivity contribution < 1.29 is 4.79 Å². The molecule has 2 N–H and O–H groups in total. The van der Waals surface area contributed by atoms with Gasteiger partial charge in [0, 0.05) is 24.0 Å². The summed E-state index contributed by atoms with van der Waals surface area (Å²) in [5, 5.41) is 12.0. The molecule has 0 atom stereocenters. The van der Waals surface area contributed by atoms with Crippen LogP contribution in [0.5, 0.6) is 0 Å². The maximum absolute atomic E-state index is 12.5. The molecule has 1 aliphatic carbocycles. The van der Waals surface area contributed by atoms with E-state index in [1.165, 1.54) is 18.4 Å². The number of nitrogens with one attached hydrogen (secondary N) is 2. The van der Waals surface area contributed by atoms with E-state index in [4.69, 9.17) is 0 Å². The Kier molecular flexibility index (Phi) is 4.05. The first-order valence-corrected chi connectivity index (χ1v) is 10.3. The van der Waals surface area contributed by atoms with Gasteiger partial charge in [-0.2, -0.15) is 0 Å². The number of nitrogens with zero attached hydrogens (tertiary/aromatic N) is 6. The van der Waals surface area contributed by atoms with Gasteiger partial charge in [0.2, 0.25) is 0 Å². The minimum Gasteiger partial charge on any atom is -0.360 e. The molecule has 5 heterocycles. The molecule has 31 heavy (non-hydrogen) atoms. The topological polar surface area (TPSA) is 106 Å². The van der Waals surface area contributed by atoms with Crippen LogP contribution >= 0.6 is 0 Å². The number of hydrogen-bond donors (Lipinski definition) is 2. The molecule has 9 heteroatoms. The van der Waals surface area contributed by atoms with Crippen LogP contribution in [0.1, 0.15) is 46.2 Å². The predicted molar refractivity (Wildman–Crippen MR) is 114 cm³/mol. The van der Waals surface area contributed by atoms with Crippen molar-refractivity contribution in [2.24, 2.45) is 0 Å². The lowest BCUT2D eigenvalue weighted by molar-refractivity contribution is 0.0945. The van der Waals surface area contributed by atoms with Crippen molar-refractivity contribution in [1.82, 2.24) is 39.7 Å². The first kappa shape index (κ1) is 17.8. The summed E-state index contributed by atoms with van der Waals surface area (Å²) in [5.41, 5.74) is 5.15. The second-order valence-electron chi connectivity index (χ2n) is 7.96. The van der Waals surface area contributed by atoms with Crippen LogP contribution in [-0.4, -0.2) is 40.3 Å². The predicted octanol–water partition coefficient (Wildman–Crippen LogP) is 2.66. The van der Waals surface area contributed by atoms with E-state index < -0.39 is 0 Å². The zero-order valence-electron chi connectivity index (χ0n) is 16.7. The number of fused-ring (bicyclic) bond motifs is 2. The number of pyridine rings is 2. The van der Waals surface area contributed by atoms with E-state index in [0.717, 1.165) is 27.9 Å². The molecule has 1 amide bonds. The molecule has 1 saturated carbocycles. The van der Waals surface area contributed by atoms with Gasteiger partial charge < -0.3 is 14.7 Å². The second kappa shape index (κ2) is 7.05. The SMILES string of the molecule is O=C(NCc1cc2cc[nH]c2cn1)c1cn(Cc2cn3cc(C4CC4)ccc3n2)nn1. The van der Waals surface area contributed by atoms with Crippen LogP contribution in [0.25, 0.3) is 16.6 Å². The molecular weight excluding hydrogens is 392 g/mol. The largest absolute Gasteiger partial charge is 0.360 e. The van der Waals surface area contributed by atoms with Crippen LogP contribution in [0.15, 0.2) is 55.2 Å². The van der Waals surface area contributed by atoms with Gasteiger partial charge in [0.15, 0.2) is 5.69 Å². The molecule has 0 saturated heterocycles. The van der Waals surface area contributed by atoms with Crippen molar-refractivity contribution in [3.8, 4) is 0 Å². The Balaban J connectivity index is 1.12. The number of imidazole rings is 1. The van der Waals surface area contributed by atoms with E-state index in [2.05, 4.69) is 53.3 Å². The Bertz CT molecular complexity index is 1410. The number of carbonyl (C=O) groups excluding carboxylic acids is 1. The maximum Gasteiger partial charge on any atom is 0.273 e.